The number of carbonyl (C=O) groups is 1. The second kappa shape index (κ2) is 3.31. The van der Waals surface area contributed by atoms with Crippen molar-refractivity contribution < 1.29 is 9.53 Å². The predicted molar refractivity (Wildman–Crippen MR) is 43.9 cm³/mol. The molecule has 0 spiro atoms. The lowest BCUT2D eigenvalue weighted by Gasteiger charge is -2.25. The van der Waals surface area contributed by atoms with Gasteiger partial charge in [-0.15, -0.1) is 0 Å². The summed E-state index contributed by atoms with van der Waals surface area (Å²) in [7, 11) is 0. The van der Waals surface area contributed by atoms with Gasteiger partial charge in [0.15, 0.2) is 0 Å². The molecule has 2 rings (SSSR count). The van der Waals surface area contributed by atoms with Crippen molar-refractivity contribution in [3.05, 3.63) is 0 Å². The van der Waals surface area contributed by atoms with E-state index in [9.17, 15) is 4.79 Å². The van der Waals surface area contributed by atoms with Crippen molar-refractivity contribution in [3.63, 3.8) is 0 Å². The molecule has 1 atom stereocenters. The molecule has 4 nitrogen and oxygen atoms in total. The molecule has 12 heavy (non-hydrogen) atoms. The summed E-state index contributed by atoms with van der Waals surface area (Å²) in [5.74, 6) is 0.560. The third-order valence-corrected chi connectivity index (χ3v) is 2.62. The Morgan fingerprint density at radius 3 is 2.67 bits per heavy atom. The topological polar surface area (TPSA) is 50.4 Å². The molecule has 0 aromatic heterocycles. The van der Waals surface area contributed by atoms with Crippen LogP contribution in [0.3, 0.4) is 0 Å². The van der Waals surface area contributed by atoms with E-state index in [2.05, 4.69) is 10.6 Å². The monoisotopic (exact) mass is 170 g/mol. The van der Waals surface area contributed by atoms with E-state index in [1.807, 2.05) is 0 Å². The van der Waals surface area contributed by atoms with Gasteiger partial charge in [0, 0.05) is 5.92 Å². The number of cyclic esters (lactones) is 1. The molecule has 0 aromatic carbocycles. The van der Waals surface area contributed by atoms with E-state index in [1.54, 1.807) is 0 Å². The van der Waals surface area contributed by atoms with Crippen LogP contribution in [0.4, 0.5) is 4.79 Å². The quantitative estimate of drug-likeness (QED) is 0.586. The summed E-state index contributed by atoms with van der Waals surface area (Å²) in [4.78, 5) is 10.7. The van der Waals surface area contributed by atoms with Gasteiger partial charge in [0.05, 0.1) is 6.54 Å². The third kappa shape index (κ3) is 1.53. The largest absolute Gasteiger partial charge is 0.444 e. The van der Waals surface area contributed by atoms with Crippen LogP contribution < -0.4 is 10.6 Å². The molecule has 0 bridgehead atoms. The van der Waals surface area contributed by atoms with Crippen LogP contribution in [0.2, 0.25) is 0 Å². The number of amides is 1. The lowest BCUT2D eigenvalue weighted by atomic mass is 9.92. The van der Waals surface area contributed by atoms with Gasteiger partial charge in [0.2, 0.25) is 0 Å². The van der Waals surface area contributed by atoms with E-state index < -0.39 is 0 Å². The zero-order valence-corrected chi connectivity index (χ0v) is 7.01. The Bertz CT molecular complexity index is 178. The van der Waals surface area contributed by atoms with Crippen molar-refractivity contribution >= 4 is 6.09 Å². The molecular weight excluding hydrogens is 156 g/mol. The zero-order chi connectivity index (χ0) is 8.39. The Kier molecular flexibility index (Phi) is 2.17. The van der Waals surface area contributed by atoms with Crippen LogP contribution in [-0.2, 0) is 4.74 Å². The molecule has 2 N–H and O–H groups in total. The van der Waals surface area contributed by atoms with Crippen LogP contribution in [0.25, 0.3) is 0 Å². The summed E-state index contributed by atoms with van der Waals surface area (Å²) >= 11 is 0. The Labute approximate surface area is 71.7 Å². The fraction of sp³-hybridized carbons (Fsp3) is 0.875. The van der Waals surface area contributed by atoms with Crippen molar-refractivity contribution in [2.75, 3.05) is 19.6 Å². The van der Waals surface area contributed by atoms with Gasteiger partial charge in [-0.2, -0.15) is 0 Å². The predicted octanol–water partition coefficient (Wildman–Crippen LogP) is 0.0944. The Morgan fingerprint density at radius 2 is 2.08 bits per heavy atom. The summed E-state index contributed by atoms with van der Waals surface area (Å²) in [6.45, 7) is 2.81. The molecule has 2 saturated heterocycles. The van der Waals surface area contributed by atoms with E-state index in [1.165, 1.54) is 0 Å². The first kappa shape index (κ1) is 7.86. The molecule has 2 aliphatic heterocycles. The maximum atomic E-state index is 10.7. The second-order valence-corrected chi connectivity index (χ2v) is 3.41. The van der Waals surface area contributed by atoms with Crippen LogP contribution in [0.1, 0.15) is 12.8 Å². The molecule has 2 aliphatic rings. The first-order valence-electron chi connectivity index (χ1n) is 4.51. The number of piperidine rings is 1. The fourth-order valence-electron chi connectivity index (χ4n) is 1.88. The minimum atomic E-state index is -0.251. The number of carbonyl (C=O) groups excluding carboxylic acids is 1. The van der Waals surface area contributed by atoms with Crippen molar-refractivity contribution in [2.45, 2.75) is 18.9 Å². The van der Waals surface area contributed by atoms with Crippen LogP contribution >= 0.6 is 0 Å². The summed E-state index contributed by atoms with van der Waals surface area (Å²) in [5.41, 5.74) is 0. The molecule has 2 fully saturated rings. The molecular formula is C8H14N2O2. The van der Waals surface area contributed by atoms with Crippen LogP contribution in [0, 0.1) is 5.92 Å². The average Bonchev–Trinajstić information content (AvgIpc) is 2.54. The summed E-state index contributed by atoms with van der Waals surface area (Å²) in [6.07, 6.45) is 2.12. The Hall–Kier alpha value is -0.770. The minimum Gasteiger partial charge on any atom is -0.444 e. The molecule has 68 valence electrons. The third-order valence-electron chi connectivity index (χ3n) is 2.62. The standard InChI is InChI=1S/C8H14N2O2/c11-8-10-5-7(12-8)6-1-3-9-4-2-6/h6-7,9H,1-5H2,(H,10,11)/t7-/m0/s1. The first-order chi connectivity index (χ1) is 5.86. The van der Waals surface area contributed by atoms with Crippen molar-refractivity contribution in [1.82, 2.24) is 10.6 Å². The molecule has 2 heterocycles. The molecule has 0 aliphatic carbocycles. The number of rotatable bonds is 1. The van der Waals surface area contributed by atoms with Crippen LogP contribution in [-0.4, -0.2) is 31.8 Å². The van der Waals surface area contributed by atoms with E-state index in [-0.39, 0.29) is 12.2 Å². The van der Waals surface area contributed by atoms with Gasteiger partial charge in [0.1, 0.15) is 6.10 Å². The SMILES string of the molecule is O=C1NC[C@@H](C2CCNCC2)O1. The maximum absolute atomic E-state index is 10.7. The van der Waals surface area contributed by atoms with Gasteiger partial charge < -0.3 is 15.4 Å². The van der Waals surface area contributed by atoms with Crippen LogP contribution in [0.15, 0.2) is 0 Å². The van der Waals surface area contributed by atoms with E-state index in [0.29, 0.717) is 12.5 Å². The van der Waals surface area contributed by atoms with Crippen LogP contribution in [0.5, 0.6) is 0 Å². The summed E-state index contributed by atoms with van der Waals surface area (Å²) in [6, 6.07) is 0. The van der Waals surface area contributed by atoms with Gasteiger partial charge in [-0.25, -0.2) is 4.79 Å². The zero-order valence-electron chi connectivity index (χ0n) is 7.01. The normalized spacial score (nSPS) is 31.3. The maximum Gasteiger partial charge on any atom is 0.407 e. The van der Waals surface area contributed by atoms with Gasteiger partial charge in [-0.05, 0) is 25.9 Å². The Morgan fingerprint density at radius 1 is 1.33 bits per heavy atom. The highest BCUT2D eigenvalue weighted by molar-refractivity contribution is 5.69. The van der Waals surface area contributed by atoms with E-state index in [0.717, 1.165) is 25.9 Å². The number of alkyl carbamates (subject to hydrolysis) is 1. The van der Waals surface area contributed by atoms with Crippen molar-refractivity contribution in [3.8, 4) is 0 Å². The van der Waals surface area contributed by atoms with Crippen molar-refractivity contribution in [1.29, 1.82) is 0 Å². The number of hydrogen-bond donors (Lipinski definition) is 2. The highest BCUT2D eigenvalue weighted by atomic mass is 16.6. The van der Waals surface area contributed by atoms with Gasteiger partial charge >= 0.3 is 6.09 Å². The fourth-order valence-corrected chi connectivity index (χ4v) is 1.88. The number of hydrogen-bond acceptors (Lipinski definition) is 3. The number of ether oxygens (including phenoxy) is 1. The molecule has 4 heteroatoms. The molecule has 1 amide bonds. The lowest BCUT2D eigenvalue weighted by Crippen LogP contribution is -2.35. The van der Waals surface area contributed by atoms with Gasteiger partial charge in [-0.1, -0.05) is 0 Å². The highest BCUT2D eigenvalue weighted by Crippen LogP contribution is 2.20. The van der Waals surface area contributed by atoms with Gasteiger partial charge in [-0.3, -0.25) is 0 Å². The number of nitrogens with one attached hydrogen (secondary N) is 2. The van der Waals surface area contributed by atoms with Crippen molar-refractivity contribution in [2.24, 2.45) is 5.92 Å². The summed E-state index contributed by atoms with van der Waals surface area (Å²) < 4.78 is 5.12. The lowest BCUT2D eigenvalue weighted by molar-refractivity contribution is 0.0917. The van der Waals surface area contributed by atoms with E-state index >= 15 is 0 Å². The van der Waals surface area contributed by atoms with Gasteiger partial charge in [0.25, 0.3) is 0 Å². The highest BCUT2D eigenvalue weighted by Gasteiger charge is 2.31. The Balaban J connectivity index is 1.86. The minimum absolute atomic E-state index is 0.125. The van der Waals surface area contributed by atoms with E-state index in [4.69, 9.17) is 4.74 Å². The molecule has 0 aromatic rings. The second-order valence-electron chi connectivity index (χ2n) is 3.41. The molecule has 0 unspecified atom stereocenters. The smallest absolute Gasteiger partial charge is 0.407 e. The molecule has 0 saturated carbocycles. The first-order valence-corrected chi connectivity index (χ1v) is 4.51. The summed E-state index contributed by atoms with van der Waals surface area (Å²) in [5, 5.41) is 5.97. The molecule has 0 radical (unpaired) electrons. The average molecular weight is 170 g/mol.